The average Bonchev–Trinajstić information content (AvgIpc) is 3.10. The summed E-state index contributed by atoms with van der Waals surface area (Å²) in [7, 11) is 0. The van der Waals surface area contributed by atoms with Gasteiger partial charge in [0.15, 0.2) is 0 Å². The Kier molecular flexibility index (Phi) is 5.94. The molecule has 1 aromatic heterocycles. The number of ether oxygens (including phenoxy) is 2. The molecule has 0 fully saturated rings. The molecule has 0 radical (unpaired) electrons. The molecule has 0 amide bonds. The molecule has 28 heavy (non-hydrogen) atoms. The Bertz CT molecular complexity index is 972. The van der Waals surface area contributed by atoms with Gasteiger partial charge in [0, 0.05) is 5.69 Å². The molecule has 0 spiro atoms. The van der Waals surface area contributed by atoms with Crippen molar-refractivity contribution in [2.24, 2.45) is 0 Å². The smallest absolute Gasteiger partial charge is 0.356 e. The lowest BCUT2D eigenvalue weighted by Crippen LogP contribution is -2.17. The second-order valence-corrected chi connectivity index (χ2v) is 6.27. The summed E-state index contributed by atoms with van der Waals surface area (Å²) in [5.41, 5.74) is 3.82. The van der Waals surface area contributed by atoms with Crippen LogP contribution in [0.3, 0.4) is 0 Å². The predicted octanol–water partition coefficient (Wildman–Crippen LogP) is 4.81. The van der Waals surface area contributed by atoms with E-state index in [4.69, 9.17) is 9.47 Å². The van der Waals surface area contributed by atoms with E-state index < -0.39 is 11.9 Å². The first kappa shape index (κ1) is 19.4. The van der Waals surface area contributed by atoms with Crippen LogP contribution in [0.5, 0.6) is 0 Å². The van der Waals surface area contributed by atoms with E-state index in [1.54, 1.807) is 24.5 Å². The van der Waals surface area contributed by atoms with Crippen molar-refractivity contribution in [3.05, 3.63) is 77.5 Å². The number of aryl methyl sites for hydroxylation is 1. The molecule has 3 aromatic rings. The fourth-order valence-electron chi connectivity index (χ4n) is 3.06. The third-order valence-corrected chi connectivity index (χ3v) is 4.33. The summed E-state index contributed by atoms with van der Waals surface area (Å²) in [5.74, 6) is -1.11. The highest BCUT2D eigenvalue weighted by atomic mass is 16.5. The lowest BCUT2D eigenvalue weighted by atomic mass is 10.1. The Morgan fingerprint density at radius 2 is 1.46 bits per heavy atom. The van der Waals surface area contributed by atoms with Gasteiger partial charge in [0.25, 0.3) is 0 Å². The van der Waals surface area contributed by atoms with Gasteiger partial charge >= 0.3 is 11.9 Å². The molecule has 5 heteroatoms. The molecule has 0 aliphatic rings. The first-order valence-electron chi connectivity index (χ1n) is 9.29. The molecule has 0 saturated carbocycles. The van der Waals surface area contributed by atoms with Gasteiger partial charge in [-0.25, -0.2) is 9.59 Å². The van der Waals surface area contributed by atoms with Crippen LogP contribution in [0, 0.1) is 6.92 Å². The van der Waals surface area contributed by atoms with Crippen molar-refractivity contribution in [2.75, 3.05) is 13.2 Å². The summed E-state index contributed by atoms with van der Waals surface area (Å²) >= 11 is 0. The second kappa shape index (κ2) is 8.57. The standard InChI is InChI=1S/C23H23NO4/c1-4-27-22(25)19-15-20(17-9-7-6-8-10-17)24(21(19)23(26)28-5-2)18-13-11-16(3)12-14-18/h6-15H,4-5H2,1-3H3. The third kappa shape index (κ3) is 3.83. The number of hydrogen-bond donors (Lipinski definition) is 0. The summed E-state index contributed by atoms with van der Waals surface area (Å²) in [4.78, 5) is 25.4. The predicted molar refractivity (Wildman–Crippen MR) is 108 cm³/mol. The first-order chi connectivity index (χ1) is 13.6. The van der Waals surface area contributed by atoms with E-state index >= 15 is 0 Å². The Morgan fingerprint density at radius 3 is 2.07 bits per heavy atom. The average molecular weight is 377 g/mol. The quantitative estimate of drug-likeness (QED) is 0.579. The SMILES string of the molecule is CCOC(=O)c1cc(-c2ccccc2)n(-c2ccc(C)cc2)c1C(=O)OCC. The fraction of sp³-hybridized carbons (Fsp3) is 0.217. The van der Waals surface area contributed by atoms with Crippen molar-refractivity contribution in [3.8, 4) is 16.9 Å². The number of rotatable bonds is 6. The zero-order chi connectivity index (χ0) is 20.1. The lowest BCUT2D eigenvalue weighted by Gasteiger charge is -2.14. The molecular weight excluding hydrogens is 354 g/mol. The summed E-state index contributed by atoms with van der Waals surface area (Å²) in [6, 6.07) is 19.1. The van der Waals surface area contributed by atoms with Gasteiger partial charge in [0.2, 0.25) is 0 Å². The zero-order valence-electron chi connectivity index (χ0n) is 16.3. The molecule has 0 aliphatic carbocycles. The van der Waals surface area contributed by atoms with Crippen molar-refractivity contribution in [2.45, 2.75) is 20.8 Å². The molecule has 0 atom stereocenters. The highest BCUT2D eigenvalue weighted by molar-refractivity contribution is 6.04. The first-order valence-corrected chi connectivity index (χ1v) is 9.29. The van der Waals surface area contributed by atoms with E-state index in [9.17, 15) is 9.59 Å². The Hall–Kier alpha value is -3.34. The molecule has 0 unspecified atom stereocenters. The maximum atomic E-state index is 12.8. The number of esters is 2. The van der Waals surface area contributed by atoms with Gasteiger partial charge in [-0.15, -0.1) is 0 Å². The number of carbonyl (C=O) groups is 2. The minimum Gasteiger partial charge on any atom is -0.462 e. The van der Waals surface area contributed by atoms with E-state index in [1.165, 1.54) is 0 Å². The molecule has 5 nitrogen and oxygen atoms in total. The van der Waals surface area contributed by atoms with Crippen LogP contribution >= 0.6 is 0 Å². The van der Waals surface area contributed by atoms with Crippen LogP contribution < -0.4 is 0 Å². The van der Waals surface area contributed by atoms with Crippen LogP contribution in [0.25, 0.3) is 16.9 Å². The number of nitrogens with zero attached hydrogens (tertiary/aromatic N) is 1. The largest absolute Gasteiger partial charge is 0.462 e. The summed E-state index contributed by atoms with van der Waals surface area (Å²) in [6.45, 7) is 5.89. The van der Waals surface area contributed by atoms with Crippen molar-refractivity contribution in [3.63, 3.8) is 0 Å². The summed E-state index contributed by atoms with van der Waals surface area (Å²) in [5, 5.41) is 0. The van der Waals surface area contributed by atoms with E-state index in [0.29, 0.717) is 0 Å². The Balaban J connectivity index is 2.32. The summed E-state index contributed by atoms with van der Waals surface area (Å²) in [6.07, 6.45) is 0. The topological polar surface area (TPSA) is 57.5 Å². The van der Waals surface area contributed by atoms with Crippen LogP contribution in [-0.2, 0) is 9.47 Å². The maximum Gasteiger partial charge on any atom is 0.356 e. The van der Waals surface area contributed by atoms with Gasteiger partial charge in [-0.3, -0.25) is 0 Å². The molecule has 144 valence electrons. The molecule has 3 rings (SSSR count). The highest BCUT2D eigenvalue weighted by Gasteiger charge is 2.28. The van der Waals surface area contributed by atoms with Crippen LogP contribution in [0.4, 0.5) is 0 Å². The van der Waals surface area contributed by atoms with Gasteiger partial charge in [0.05, 0.1) is 24.5 Å². The second-order valence-electron chi connectivity index (χ2n) is 6.27. The maximum absolute atomic E-state index is 12.8. The minimum atomic E-state index is -0.562. The Labute approximate surface area is 164 Å². The van der Waals surface area contributed by atoms with Crippen molar-refractivity contribution in [1.82, 2.24) is 4.57 Å². The van der Waals surface area contributed by atoms with Gasteiger partial charge in [-0.1, -0.05) is 48.0 Å². The van der Waals surface area contributed by atoms with Gasteiger partial charge in [-0.2, -0.15) is 0 Å². The highest BCUT2D eigenvalue weighted by Crippen LogP contribution is 2.31. The van der Waals surface area contributed by atoms with Gasteiger partial charge in [-0.05, 0) is 44.5 Å². The zero-order valence-corrected chi connectivity index (χ0v) is 16.3. The summed E-state index contributed by atoms with van der Waals surface area (Å²) < 4.78 is 12.2. The third-order valence-electron chi connectivity index (χ3n) is 4.33. The number of hydrogen-bond acceptors (Lipinski definition) is 4. The van der Waals surface area contributed by atoms with Crippen molar-refractivity contribution >= 4 is 11.9 Å². The van der Waals surface area contributed by atoms with Crippen LogP contribution in [0.1, 0.15) is 40.3 Å². The van der Waals surface area contributed by atoms with Gasteiger partial charge in [0.1, 0.15) is 5.69 Å². The number of aromatic nitrogens is 1. The molecule has 0 aliphatic heterocycles. The van der Waals surface area contributed by atoms with Crippen LogP contribution in [-0.4, -0.2) is 29.7 Å². The number of carbonyl (C=O) groups excluding carboxylic acids is 2. The van der Waals surface area contributed by atoms with Crippen LogP contribution in [0.2, 0.25) is 0 Å². The van der Waals surface area contributed by atoms with Gasteiger partial charge < -0.3 is 14.0 Å². The molecule has 2 aromatic carbocycles. The lowest BCUT2D eigenvalue weighted by molar-refractivity contribution is 0.0473. The number of benzene rings is 2. The van der Waals surface area contributed by atoms with Crippen molar-refractivity contribution < 1.29 is 19.1 Å². The van der Waals surface area contributed by atoms with Crippen molar-refractivity contribution in [1.29, 1.82) is 0 Å². The Morgan fingerprint density at radius 1 is 0.857 bits per heavy atom. The van der Waals surface area contributed by atoms with E-state index in [2.05, 4.69) is 0 Å². The molecule has 1 heterocycles. The minimum absolute atomic E-state index is 0.169. The normalized spacial score (nSPS) is 10.5. The molecular formula is C23H23NO4. The molecule has 0 N–H and O–H groups in total. The molecule has 0 bridgehead atoms. The molecule has 0 saturated heterocycles. The van der Waals surface area contributed by atoms with E-state index in [-0.39, 0.29) is 24.5 Å². The van der Waals surface area contributed by atoms with Crippen LogP contribution in [0.15, 0.2) is 60.7 Å². The van der Waals surface area contributed by atoms with E-state index in [1.807, 2.05) is 61.5 Å². The fourth-order valence-corrected chi connectivity index (χ4v) is 3.06. The monoisotopic (exact) mass is 377 g/mol. The van der Waals surface area contributed by atoms with E-state index in [0.717, 1.165) is 22.5 Å².